The number of benzene rings is 7. The van der Waals surface area contributed by atoms with E-state index in [-0.39, 0.29) is 0 Å². The Hall–Kier alpha value is -5.20. The summed E-state index contributed by atoms with van der Waals surface area (Å²) >= 11 is 0. The first-order valence-corrected chi connectivity index (χ1v) is 13.7. The van der Waals surface area contributed by atoms with Crippen LogP contribution in [0.3, 0.4) is 0 Å². The molecule has 0 aliphatic heterocycles. The molecule has 0 bridgehead atoms. The predicted octanol–water partition coefficient (Wildman–Crippen LogP) is 11.4. The van der Waals surface area contributed by atoms with Crippen LogP contribution in [0, 0.1) is 0 Å². The molecule has 0 atom stereocenters. The summed E-state index contributed by atoms with van der Waals surface area (Å²) in [5.74, 6) is 0. The highest BCUT2D eigenvalue weighted by atomic mass is 14.2. The van der Waals surface area contributed by atoms with Gasteiger partial charge < -0.3 is 0 Å². The normalized spacial score (nSPS) is 11.2. The van der Waals surface area contributed by atoms with Gasteiger partial charge in [0.15, 0.2) is 0 Å². The Morgan fingerprint density at radius 3 is 1.70 bits per heavy atom. The summed E-state index contributed by atoms with van der Waals surface area (Å²) in [6, 6.07) is 48.0. The third-order valence-electron chi connectivity index (χ3n) is 8.00. The van der Waals surface area contributed by atoms with Gasteiger partial charge in [0, 0.05) is 0 Å². The summed E-state index contributed by atoms with van der Waals surface area (Å²) < 4.78 is 0. The van der Waals surface area contributed by atoms with Crippen molar-refractivity contribution in [2.24, 2.45) is 0 Å². The molecule has 0 fully saturated rings. The van der Waals surface area contributed by atoms with Gasteiger partial charge in [0.2, 0.25) is 0 Å². The summed E-state index contributed by atoms with van der Waals surface area (Å²) in [4.78, 5) is 0. The maximum atomic E-state index is 4.30. The molecule has 0 aliphatic rings. The van der Waals surface area contributed by atoms with Gasteiger partial charge in [-0.15, -0.1) is 0 Å². The lowest BCUT2D eigenvalue weighted by Crippen LogP contribution is -1.96. The molecule has 7 rings (SSSR count). The van der Waals surface area contributed by atoms with Crippen molar-refractivity contribution in [2.75, 3.05) is 0 Å². The van der Waals surface area contributed by atoms with E-state index in [9.17, 15) is 0 Å². The Morgan fingerprint density at radius 2 is 0.925 bits per heavy atom. The largest absolute Gasteiger partial charge is 0.0984 e. The van der Waals surface area contributed by atoms with Crippen molar-refractivity contribution in [2.45, 2.75) is 0 Å². The van der Waals surface area contributed by atoms with E-state index in [4.69, 9.17) is 0 Å². The lowest BCUT2D eigenvalue weighted by atomic mass is 9.82. The topological polar surface area (TPSA) is 0 Å². The van der Waals surface area contributed by atoms with Crippen LogP contribution in [0.1, 0.15) is 11.1 Å². The second-order valence-corrected chi connectivity index (χ2v) is 10.2. The molecule has 0 heteroatoms. The maximum Gasteiger partial charge on any atom is -0.00204 e. The Balaban J connectivity index is 1.52. The van der Waals surface area contributed by atoms with Gasteiger partial charge in [-0.3, -0.25) is 0 Å². The zero-order valence-electron chi connectivity index (χ0n) is 22.3. The van der Waals surface area contributed by atoms with Gasteiger partial charge >= 0.3 is 0 Å². The predicted molar refractivity (Wildman–Crippen MR) is 175 cm³/mol. The summed E-state index contributed by atoms with van der Waals surface area (Å²) in [6.07, 6.45) is 3.99. The molecule has 188 valence electrons. The molecule has 7 aromatic rings. The minimum atomic E-state index is 1.10. The van der Waals surface area contributed by atoms with Gasteiger partial charge in [0.25, 0.3) is 0 Å². The lowest BCUT2D eigenvalue weighted by Gasteiger charge is -2.21. The molecule has 7 aromatic carbocycles. The van der Waals surface area contributed by atoms with E-state index in [2.05, 4.69) is 147 Å². The highest BCUT2D eigenvalue weighted by molar-refractivity contribution is 6.15. The summed E-state index contributed by atoms with van der Waals surface area (Å²) in [7, 11) is 0. The fraction of sp³-hybridized carbons (Fsp3) is 0. The molecule has 0 aliphatic carbocycles. The average molecular weight is 509 g/mol. The Kier molecular flexibility index (Phi) is 5.87. The quantitative estimate of drug-likeness (QED) is 0.217. The van der Waals surface area contributed by atoms with Crippen LogP contribution in [0.5, 0.6) is 0 Å². The molecule has 0 unspecified atom stereocenters. The van der Waals surface area contributed by atoms with E-state index in [0.29, 0.717) is 0 Å². The smallest absolute Gasteiger partial charge is 0.00204 e. The second-order valence-electron chi connectivity index (χ2n) is 10.2. The highest BCUT2D eigenvalue weighted by Crippen LogP contribution is 2.45. The van der Waals surface area contributed by atoms with E-state index in [0.717, 1.165) is 11.1 Å². The molecule has 0 saturated heterocycles. The molecule has 40 heavy (non-hydrogen) atoms. The zero-order chi connectivity index (χ0) is 27.1. The minimum Gasteiger partial charge on any atom is -0.0984 e. The molecule has 0 nitrogen and oxygen atoms in total. The van der Waals surface area contributed by atoms with Crippen molar-refractivity contribution in [1.82, 2.24) is 0 Å². The first-order chi connectivity index (χ1) is 19.8. The average Bonchev–Trinajstić information content (AvgIpc) is 3.03. The summed E-state index contributed by atoms with van der Waals surface area (Å²) in [5, 5.41) is 7.38. The monoisotopic (exact) mass is 508 g/mol. The molecule has 0 heterocycles. The van der Waals surface area contributed by atoms with Gasteiger partial charge in [0.05, 0.1) is 0 Å². The Morgan fingerprint density at radius 1 is 0.375 bits per heavy atom. The number of fused-ring (bicyclic) bond motifs is 3. The minimum absolute atomic E-state index is 1.10. The molecule has 0 radical (unpaired) electrons. The van der Waals surface area contributed by atoms with Crippen LogP contribution in [0.4, 0.5) is 0 Å². The third-order valence-corrected chi connectivity index (χ3v) is 8.00. The molecule has 0 saturated carbocycles. The van der Waals surface area contributed by atoms with Crippen LogP contribution < -0.4 is 0 Å². The third kappa shape index (κ3) is 3.85. The van der Waals surface area contributed by atoms with Gasteiger partial charge in [-0.25, -0.2) is 0 Å². The van der Waals surface area contributed by atoms with E-state index < -0.39 is 0 Å². The molecule has 0 spiro atoms. The number of hydrogen-bond acceptors (Lipinski definition) is 0. The molecule has 0 amide bonds. The Bertz CT molecular complexity index is 2090. The molecule has 0 N–H and O–H groups in total. The standard InChI is InChI=1S/C40H28/c1-3-33-34(4-2)40(36-22-12-16-28-14-7-8-19-35(28)36)38-21-10-9-20-37(38)39(33)32-18-11-17-30(26-32)31-24-23-27-13-5-6-15-29(27)25-31/h3-26H,1-2H2. The van der Waals surface area contributed by atoms with Crippen molar-refractivity contribution in [1.29, 1.82) is 0 Å². The van der Waals surface area contributed by atoms with Gasteiger partial charge in [-0.2, -0.15) is 0 Å². The summed E-state index contributed by atoms with van der Waals surface area (Å²) in [5.41, 5.74) is 9.39. The van der Waals surface area contributed by atoms with Gasteiger partial charge in [0.1, 0.15) is 0 Å². The zero-order valence-corrected chi connectivity index (χ0v) is 22.3. The van der Waals surface area contributed by atoms with Crippen LogP contribution in [0.2, 0.25) is 0 Å². The first kappa shape index (κ1) is 23.9. The van der Waals surface area contributed by atoms with Crippen LogP contribution in [-0.4, -0.2) is 0 Å². The van der Waals surface area contributed by atoms with E-state index in [1.165, 1.54) is 65.7 Å². The van der Waals surface area contributed by atoms with Crippen molar-refractivity contribution in [3.63, 3.8) is 0 Å². The molecular formula is C40H28. The second kappa shape index (κ2) is 9.84. The number of hydrogen-bond donors (Lipinski definition) is 0. The SMILES string of the molecule is C=Cc1c(C=C)c(-c2cccc3ccccc23)c2ccccc2c1-c1cccc(-c2ccc3ccccc3c2)c1. The fourth-order valence-corrected chi connectivity index (χ4v) is 6.17. The fourth-order valence-electron chi connectivity index (χ4n) is 6.17. The molecule has 0 aromatic heterocycles. The van der Waals surface area contributed by atoms with Crippen molar-refractivity contribution in [3.05, 3.63) is 158 Å². The van der Waals surface area contributed by atoms with Crippen molar-refractivity contribution >= 4 is 44.5 Å². The van der Waals surface area contributed by atoms with Crippen LogP contribution in [0.25, 0.3) is 77.9 Å². The van der Waals surface area contributed by atoms with E-state index in [1.54, 1.807) is 0 Å². The maximum absolute atomic E-state index is 4.30. The van der Waals surface area contributed by atoms with Gasteiger partial charge in [-0.1, -0.05) is 147 Å². The Labute approximate surface area is 235 Å². The van der Waals surface area contributed by atoms with Crippen LogP contribution in [0.15, 0.2) is 147 Å². The van der Waals surface area contributed by atoms with E-state index in [1.807, 2.05) is 12.2 Å². The summed E-state index contributed by atoms with van der Waals surface area (Å²) in [6.45, 7) is 8.59. The van der Waals surface area contributed by atoms with Crippen LogP contribution in [-0.2, 0) is 0 Å². The molecular weight excluding hydrogens is 480 g/mol. The highest BCUT2D eigenvalue weighted by Gasteiger charge is 2.20. The van der Waals surface area contributed by atoms with Crippen molar-refractivity contribution in [3.8, 4) is 33.4 Å². The van der Waals surface area contributed by atoms with Crippen LogP contribution >= 0.6 is 0 Å². The van der Waals surface area contributed by atoms with E-state index >= 15 is 0 Å². The lowest BCUT2D eigenvalue weighted by molar-refractivity contribution is 1.58. The van der Waals surface area contributed by atoms with Gasteiger partial charge in [-0.05, 0) is 89.0 Å². The number of rotatable bonds is 5. The van der Waals surface area contributed by atoms with Crippen molar-refractivity contribution < 1.29 is 0 Å². The first-order valence-electron chi connectivity index (χ1n) is 13.7.